The molecule has 0 bridgehead atoms. The first kappa shape index (κ1) is 56.3. The van der Waals surface area contributed by atoms with Gasteiger partial charge < -0.3 is 44.2 Å². The van der Waals surface area contributed by atoms with E-state index in [1.54, 1.807) is 0 Å². The van der Waals surface area contributed by atoms with Crippen LogP contribution in [0.1, 0.15) is 121 Å². The number of hydrogen-bond acceptors (Lipinski definition) is 13. The molecule has 0 spiro atoms. The van der Waals surface area contributed by atoms with Crippen molar-refractivity contribution in [2.24, 2.45) is 0 Å². The molecule has 0 unspecified atom stereocenters. The molecule has 20 heteroatoms. The Balaban J connectivity index is 1.54. The number of carboxylic acid groups (broad SMARTS) is 1. The zero-order chi connectivity index (χ0) is 47.1. The molecule has 0 aliphatic carbocycles. The monoisotopic (exact) mass is 962 g/mol. The molecule has 2 rings (SSSR count). The van der Waals surface area contributed by atoms with E-state index in [4.69, 9.17) is 56.7 Å². The summed E-state index contributed by atoms with van der Waals surface area (Å²) >= 11 is 12.8. The summed E-state index contributed by atoms with van der Waals surface area (Å²) in [6.07, 6.45) is 16.3. The molecule has 0 atom stereocenters. The number of carboxylic acids is 1. The summed E-state index contributed by atoms with van der Waals surface area (Å²) in [4.78, 5) is 50.2. The Morgan fingerprint density at radius 1 is 0.656 bits per heavy atom. The molecule has 4 N–H and O–H groups in total. The zero-order valence-corrected chi connectivity index (χ0v) is 39.9. The molecule has 362 valence electrons. The van der Waals surface area contributed by atoms with Gasteiger partial charge in [0.25, 0.3) is 15.9 Å². The van der Waals surface area contributed by atoms with E-state index in [2.05, 4.69) is 20.3 Å². The number of anilines is 1. The summed E-state index contributed by atoms with van der Waals surface area (Å²) < 4.78 is 60.6. The first-order valence-corrected chi connectivity index (χ1v) is 24.2. The molecule has 1 aromatic heterocycles. The topological polar surface area (TPSA) is 227 Å². The molecule has 0 saturated heterocycles. The second kappa shape index (κ2) is 32.8. The van der Waals surface area contributed by atoms with Gasteiger partial charge in [0.15, 0.2) is 0 Å². The standard InChI is InChI=1S/C44H68Cl2N4O13S/c1-44(2,3)63-40(54)17-15-13-11-9-7-5-4-6-8-10-12-14-16-24-62-35-19-20-36(42(46)41(35)45)64(56,57)50-37-21-18-34(31-49-37)43(55)48-23-26-59-27-29-60-32-38(51)47-22-25-58-28-30-61-33-39(52)53/h18-21,31H,4-17,22-30,32-33H2,1-3H3,(H,47,51)(H,48,55)(H,49,50)(H,52,53). The smallest absolute Gasteiger partial charge is 0.329 e. The normalized spacial score (nSPS) is 11.6. The van der Waals surface area contributed by atoms with Crippen LogP contribution in [-0.2, 0) is 48.1 Å². The third-order valence-corrected chi connectivity index (χ3v) is 11.4. The van der Waals surface area contributed by atoms with Crippen molar-refractivity contribution >= 4 is 62.8 Å². The molecule has 0 radical (unpaired) electrons. The number of ether oxygens (including phenoxy) is 6. The highest BCUT2D eigenvalue weighted by Crippen LogP contribution is 2.37. The number of benzene rings is 1. The van der Waals surface area contributed by atoms with Crippen molar-refractivity contribution in [2.75, 3.05) is 77.3 Å². The highest BCUT2D eigenvalue weighted by Gasteiger charge is 2.23. The Kier molecular flexibility index (Phi) is 28.9. The van der Waals surface area contributed by atoms with Gasteiger partial charge in [-0.25, -0.2) is 18.2 Å². The number of unbranched alkanes of at least 4 members (excludes halogenated alkanes) is 12. The van der Waals surface area contributed by atoms with E-state index in [1.807, 2.05) is 20.8 Å². The maximum atomic E-state index is 13.2. The van der Waals surface area contributed by atoms with Crippen LogP contribution in [0.25, 0.3) is 0 Å². The number of halogens is 2. The summed E-state index contributed by atoms with van der Waals surface area (Å²) in [5, 5.41) is 13.6. The van der Waals surface area contributed by atoms with Crippen LogP contribution in [0.5, 0.6) is 5.75 Å². The Morgan fingerprint density at radius 2 is 1.20 bits per heavy atom. The van der Waals surface area contributed by atoms with Crippen LogP contribution in [0.4, 0.5) is 5.82 Å². The molecule has 0 saturated carbocycles. The predicted octanol–water partition coefficient (Wildman–Crippen LogP) is 7.37. The fourth-order valence-corrected chi connectivity index (χ4v) is 7.75. The number of aliphatic carboxylic acids is 1. The Labute approximate surface area is 388 Å². The van der Waals surface area contributed by atoms with Crippen LogP contribution >= 0.6 is 23.2 Å². The predicted molar refractivity (Wildman–Crippen MR) is 244 cm³/mol. The van der Waals surface area contributed by atoms with Gasteiger partial charge in [0.05, 0.1) is 56.8 Å². The highest BCUT2D eigenvalue weighted by atomic mass is 35.5. The van der Waals surface area contributed by atoms with Gasteiger partial charge in [-0.05, 0) is 57.9 Å². The number of pyridine rings is 1. The van der Waals surface area contributed by atoms with Crippen LogP contribution in [0.2, 0.25) is 10.0 Å². The van der Waals surface area contributed by atoms with E-state index in [9.17, 15) is 27.6 Å². The van der Waals surface area contributed by atoms with Crippen molar-refractivity contribution in [2.45, 2.75) is 121 Å². The number of aromatic nitrogens is 1. The fourth-order valence-electron chi connectivity index (χ4n) is 5.92. The number of rotatable bonds is 37. The number of carbonyl (C=O) groups excluding carboxylic acids is 3. The Hall–Kier alpha value is -3.78. The van der Waals surface area contributed by atoms with E-state index in [0.29, 0.717) is 18.8 Å². The maximum absolute atomic E-state index is 13.2. The van der Waals surface area contributed by atoms with Crippen molar-refractivity contribution in [1.29, 1.82) is 0 Å². The lowest BCUT2D eigenvalue weighted by Crippen LogP contribution is -2.31. The maximum Gasteiger partial charge on any atom is 0.329 e. The van der Waals surface area contributed by atoms with Crippen molar-refractivity contribution in [3.8, 4) is 5.75 Å². The first-order chi connectivity index (χ1) is 30.6. The minimum atomic E-state index is -4.19. The lowest BCUT2D eigenvalue weighted by Gasteiger charge is -2.19. The molecule has 64 heavy (non-hydrogen) atoms. The lowest BCUT2D eigenvalue weighted by atomic mass is 10.0. The highest BCUT2D eigenvalue weighted by molar-refractivity contribution is 7.92. The number of hydrogen-bond donors (Lipinski definition) is 4. The van der Waals surface area contributed by atoms with Gasteiger partial charge in [-0.2, -0.15) is 0 Å². The zero-order valence-electron chi connectivity index (χ0n) is 37.5. The molecule has 0 aliphatic rings. The van der Waals surface area contributed by atoms with Crippen LogP contribution in [0, 0.1) is 0 Å². The third-order valence-electron chi connectivity index (χ3n) is 9.07. The van der Waals surface area contributed by atoms with Crippen molar-refractivity contribution in [1.82, 2.24) is 15.6 Å². The molecule has 17 nitrogen and oxygen atoms in total. The summed E-state index contributed by atoms with van der Waals surface area (Å²) in [5.74, 6) is -1.68. The van der Waals surface area contributed by atoms with E-state index < -0.39 is 34.1 Å². The molecule has 2 amide bonds. The molecular weight excluding hydrogens is 895 g/mol. The summed E-state index contributed by atoms with van der Waals surface area (Å²) in [5.41, 5.74) is -0.218. The fraction of sp³-hybridized carbons (Fsp3) is 0.659. The summed E-state index contributed by atoms with van der Waals surface area (Å²) in [6, 6.07) is 5.55. The number of sulfonamides is 1. The molecule has 0 fully saturated rings. The van der Waals surface area contributed by atoms with Crippen LogP contribution < -0.4 is 20.1 Å². The number of esters is 1. The second-order valence-corrected chi connectivity index (χ2v) is 18.2. The van der Waals surface area contributed by atoms with E-state index in [-0.39, 0.29) is 97.5 Å². The largest absolute Gasteiger partial charge is 0.492 e. The SMILES string of the molecule is CC(C)(C)OC(=O)CCCCCCCCCCCCCCCOc1ccc(S(=O)(=O)Nc2ccc(C(=O)NCCOCCOCC(=O)NCCOCCOCC(=O)O)cn2)c(Cl)c1Cl. The van der Waals surface area contributed by atoms with E-state index in [0.717, 1.165) is 38.5 Å². The average molecular weight is 964 g/mol. The van der Waals surface area contributed by atoms with Gasteiger partial charge in [-0.15, -0.1) is 0 Å². The lowest BCUT2D eigenvalue weighted by molar-refractivity contribution is -0.155. The van der Waals surface area contributed by atoms with E-state index >= 15 is 0 Å². The Bertz CT molecular complexity index is 1780. The van der Waals surface area contributed by atoms with Crippen LogP contribution in [0.3, 0.4) is 0 Å². The van der Waals surface area contributed by atoms with Gasteiger partial charge in [0.2, 0.25) is 5.91 Å². The summed E-state index contributed by atoms with van der Waals surface area (Å²) in [7, 11) is -4.19. The molecule has 0 aliphatic heterocycles. The second-order valence-electron chi connectivity index (χ2n) is 15.8. The molecule has 1 heterocycles. The van der Waals surface area contributed by atoms with Gasteiger partial charge >= 0.3 is 11.9 Å². The van der Waals surface area contributed by atoms with Crippen molar-refractivity contribution in [3.63, 3.8) is 0 Å². The number of carbonyl (C=O) groups is 4. The average Bonchev–Trinajstić information content (AvgIpc) is 3.23. The van der Waals surface area contributed by atoms with E-state index in [1.165, 1.54) is 75.4 Å². The van der Waals surface area contributed by atoms with Gasteiger partial charge in [0.1, 0.15) is 40.3 Å². The van der Waals surface area contributed by atoms with Gasteiger partial charge in [-0.3, -0.25) is 19.1 Å². The first-order valence-electron chi connectivity index (χ1n) is 22.0. The Morgan fingerprint density at radius 3 is 1.77 bits per heavy atom. The number of nitrogens with zero attached hydrogens (tertiary/aromatic N) is 1. The molecule has 2 aromatic rings. The third kappa shape index (κ3) is 26.9. The van der Waals surface area contributed by atoms with Crippen LogP contribution in [0.15, 0.2) is 35.4 Å². The van der Waals surface area contributed by atoms with Crippen LogP contribution in [-0.4, -0.2) is 120 Å². The van der Waals surface area contributed by atoms with Crippen molar-refractivity contribution in [3.05, 3.63) is 46.1 Å². The van der Waals surface area contributed by atoms with Gasteiger partial charge in [0, 0.05) is 25.7 Å². The molecule has 1 aromatic carbocycles. The number of nitrogens with one attached hydrogen (secondary N) is 3. The van der Waals surface area contributed by atoms with Crippen molar-refractivity contribution < 1.29 is 61.1 Å². The molecular formula is C44H68Cl2N4O13S. The quantitative estimate of drug-likeness (QED) is 0.0383. The minimum absolute atomic E-state index is 0.0101. The van der Waals surface area contributed by atoms with Gasteiger partial charge in [-0.1, -0.05) is 93.8 Å². The summed E-state index contributed by atoms with van der Waals surface area (Å²) in [6.45, 7) is 7.08. The minimum Gasteiger partial charge on any atom is -0.492 e. The number of amides is 2.